The van der Waals surface area contributed by atoms with Crippen LogP contribution in [0.15, 0.2) is 78.9 Å². The van der Waals surface area contributed by atoms with Crippen LogP contribution in [0.3, 0.4) is 0 Å². The highest BCUT2D eigenvalue weighted by Gasteiger charge is 2.54. The van der Waals surface area contributed by atoms with E-state index in [1.165, 1.54) is 0 Å². The molecule has 262 valence electrons. The monoisotopic (exact) mass is 688 g/mol. The van der Waals surface area contributed by atoms with Crippen LogP contribution in [0.2, 0.25) is 18.6 Å². The molecule has 1 unspecified atom stereocenters. The lowest BCUT2D eigenvalue weighted by Crippen LogP contribution is -2.55. The molecule has 3 aliphatic rings. The Balaban J connectivity index is 1.27. The van der Waals surface area contributed by atoms with Crippen LogP contribution in [0.4, 0.5) is 15.5 Å². The van der Waals surface area contributed by atoms with Gasteiger partial charge in [0.1, 0.15) is 17.4 Å². The Morgan fingerprint density at radius 1 is 1.08 bits per heavy atom. The van der Waals surface area contributed by atoms with Crippen LogP contribution < -0.4 is 19.9 Å². The van der Waals surface area contributed by atoms with Crippen LogP contribution in [0.5, 0.6) is 5.75 Å². The maximum atomic E-state index is 16.3. The third kappa shape index (κ3) is 6.99. The second kappa shape index (κ2) is 14.6. The predicted octanol–water partition coefficient (Wildman–Crippen LogP) is 5.66. The smallest absolute Gasteiger partial charge is 0.254 e. The van der Waals surface area contributed by atoms with Crippen molar-refractivity contribution in [2.75, 3.05) is 49.8 Å². The number of halogens is 1. The normalized spacial score (nSPS) is 22.5. The Morgan fingerprint density at radius 2 is 1.76 bits per heavy atom. The summed E-state index contributed by atoms with van der Waals surface area (Å²) in [6.45, 7) is 7.53. The van der Waals surface area contributed by atoms with Crippen molar-refractivity contribution in [1.29, 1.82) is 0 Å². The minimum atomic E-state index is -3.46. The fourth-order valence-electron chi connectivity index (χ4n) is 7.98. The molecule has 2 N–H and O–H groups in total. The van der Waals surface area contributed by atoms with Gasteiger partial charge in [-0.25, -0.2) is 0 Å². The molecule has 49 heavy (non-hydrogen) atoms. The molecule has 3 aliphatic heterocycles. The maximum absolute atomic E-state index is 16.3. The van der Waals surface area contributed by atoms with Gasteiger partial charge in [-0.3, -0.25) is 14.5 Å². The van der Waals surface area contributed by atoms with Gasteiger partial charge in [0.2, 0.25) is 14.3 Å². The minimum absolute atomic E-state index is 0.0318. The minimum Gasteiger partial charge on any atom is -0.490 e. The Bertz CT molecular complexity index is 1600. The fraction of sp³-hybridized carbons (Fsp3) is 0.474. The first-order valence-corrected chi connectivity index (χ1v) is 20.3. The molecule has 9 nitrogen and oxygen atoms in total. The number of benzene rings is 3. The molecule has 3 heterocycles. The number of ether oxygens (including phenoxy) is 2. The van der Waals surface area contributed by atoms with Crippen molar-refractivity contribution in [1.82, 2.24) is 10.2 Å². The number of hydrogen-bond acceptors (Lipinski definition) is 7. The molecule has 3 aromatic rings. The summed E-state index contributed by atoms with van der Waals surface area (Å²) in [4.78, 5) is 33.8. The van der Waals surface area contributed by atoms with Crippen molar-refractivity contribution in [3.8, 4) is 5.75 Å². The number of aliphatic hydroxyl groups excluding tert-OH is 1. The van der Waals surface area contributed by atoms with Gasteiger partial charge >= 0.3 is 0 Å². The highest BCUT2D eigenvalue weighted by atomic mass is 28.4. The third-order valence-corrected chi connectivity index (χ3v) is 13.0. The molecule has 0 aliphatic carbocycles. The highest BCUT2D eigenvalue weighted by Crippen LogP contribution is 2.49. The number of para-hydroxylation sites is 1. The molecule has 3 aromatic carbocycles. The average molecular weight is 689 g/mol. The van der Waals surface area contributed by atoms with Crippen molar-refractivity contribution in [2.45, 2.75) is 69.1 Å². The van der Waals surface area contributed by atoms with Crippen molar-refractivity contribution in [2.24, 2.45) is 5.92 Å². The van der Waals surface area contributed by atoms with E-state index in [0.29, 0.717) is 19.0 Å². The van der Waals surface area contributed by atoms with E-state index < -0.39 is 31.7 Å². The number of carbonyl (C=O) groups is 2. The summed E-state index contributed by atoms with van der Waals surface area (Å²) in [6, 6.07) is 25.5. The molecule has 2 fully saturated rings. The quantitative estimate of drug-likeness (QED) is 0.198. The molecule has 6 rings (SSSR count). The summed E-state index contributed by atoms with van der Waals surface area (Å²) < 4.78 is 29.0. The van der Waals surface area contributed by atoms with E-state index in [0.717, 1.165) is 48.4 Å². The van der Waals surface area contributed by atoms with Crippen molar-refractivity contribution < 1.29 is 28.3 Å². The first kappa shape index (κ1) is 35.1. The number of rotatable bonds is 11. The second-order valence-electron chi connectivity index (χ2n) is 14.1. The van der Waals surface area contributed by atoms with Crippen molar-refractivity contribution in [3.63, 3.8) is 0 Å². The van der Waals surface area contributed by atoms with Crippen LogP contribution in [0.25, 0.3) is 0 Å². The zero-order valence-electron chi connectivity index (χ0n) is 29.0. The summed E-state index contributed by atoms with van der Waals surface area (Å²) in [7, 11) is -1.82. The molecule has 0 aromatic heterocycles. The molecule has 0 bridgehead atoms. The molecule has 11 heteroatoms. The number of nitrogens with zero attached hydrogens (tertiary/aromatic N) is 3. The molecular formula is C38H49FN4O5Si. The highest BCUT2D eigenvalue weighted by molar-refractivity contribution is 6.72. The number of anilines is 2. The van der Waals surface area contributed by atoms with E-state index in [9.17, 15) is 14.7 Å². The standard InChI is InChI=1S/C38H49FN4O5Si/c1-27-35(47-2)31-23-30(42-26-43(29-13-9-6-10-14-29)38(37(42)46)17-19-40-20-18-38)15-16-32(31)48-36(27)33(49(3,4)39)24-34(45)41(21-22-44)25-28-11-7-5-8-12-28/h5-16,23,27,33,35-36,40,44H,17-22,24-26H2,1-4H3/t27-,33?,35-,36-/m1/s1. The number of fused-ring (bicyclic) bond motifs is 1. The summed E-state index contributed by atoms with van der Waals surface area (Å²) in [5, 5.41) is 13.2. The van der Waals surface area contributed by atoms with E-state index in [-0.39, 0.29) is 37.3 Å². The van der Waals surface area contributed by atoms with Gasteiger partial charge in [0.25, 0.3) is 5.91 Å². The summed E-state index contributed by atoms with van der Waals surface area (Å²) in [5.74, 6) is 0.170. The van der Waals surface area contributed by atoms with Gasteiger partial charge in [-0.05, 0) is 74.9 Å². The van der Waals surface area contributed by atoms with Gasteiger partial charge < -0.3 is 33.8 Å². The predicted molar refractivity (Wildman–Crippen MR) is 192 cm³/mol. The van der Waals surface area contributed by atoms with Crippen molar-refractivity contribution in [3.05, 3.63) is 90.0 Å². The molecule has 2 amide bonds. The van der Waals surface area contributed by atoms with E-state index >= 15 is 4.11 Å². The number of nitrogens with one attached hydrogen (secondary N) is 1. The second-order valence-corrected chi connectivity index (χ2v) is 18.0. The summed E-state index contributed by atoms with van der Waals surface area (Å²) >= 11 is 0. The Labute approximate surface area is 290 Å². The van der Waals surface area contributed by atoms with Crippen LogP contribution in [0.1, 0.15) is 43.4 Å². The summed E-state index contributed by atoms with van der Waals surface area (Å²) in [5.41, 5.74) is 2.26. The van der Waals surface area contributed by atoms with Crippen LogP contribution >= 0.6 is 0 Å². The first-order chi connectivity index (χ1) is 23.6. The molecule has 0 saturated carbocycles. The van der Waals surface area contributed by atoms with Gasteiger partial charge in [-0.15, -0.1) is 0 Å². The van der Waals surface area contributed by atoms with Crippen molar-refractivity contribution >= 4 is 31.6 Å². The number of amides is 2. The number of hydrogen-bond donors (Lipinski definition) is 2. The number of carbonyl (C=O) groups excluding carboxylic acids is 2. The van der Waals surface area contributed by atoms with Crippen LogP contribution in [0, 0.1) is 5.92 Å². The molecule has 0 radical (unpaired) electrons. The maximum Gasteiger partial charge on any atom is 0.254 e. The van der Waals surface area contributed by atoms with Crippen LogP contribution in [-0.2, 0) is 20.9 Å². The first-order valence-electron chi connectivity index (χ1n) is 17.4. The van der Waals surface area contributed by atoms with Gasteiger partial charge in [-0.2, -0.15) is 0 Å². The van der Waals surface area contributed by atoms with E-state index in [1.807, 2.05) is 78.6 Å². The summed E-state index contributed by atoms with van der Waals surface area (Å²) in [6.07, 6.45) is 0.363. The molecule has 2 saturated heterocycles. The third-order valence-electron chi connectivity index (χ3n) is 10.7. The van der Waals surface area contributed by atoms with E-state index in [1.54, 1.807) is 25.1 Å². The number of aliphatic hydroxyl groups is 1. The molecule has 4 atom stereocenters. The zero-order valence-corrected chi connectivity index (χ0v) is 30.0. The lowest BCUT2D eigenvalue weighted by atomic mass is 9.85. The van der Waals surface area contributed by atoms with E-state index in [4.69, 9.17) is 9.47 Å². The SMILES string of the molecule is CO[C@H]1c2cc(N3CN(c4ccccc4)C4(CCNCC4)C3=O)ccc2O[C@@H](C(CC(=O)N(CCO)Cc2ccccc2)[Si](C)(C)F)[C@@H]1C. The van der Waals surface area contributed by atoms with Gasteiger partial charge in [0.05, 0.1) is 19.4 Å². The lowest BCUT2D eigenvalue weighted by Gasteiger charge is -2.43. The van der Waals surface area contributed by atoms with Gasteiger partial charge in [0, 0.05) is 55.0 Å². The number of piperidine rings is 1. The van der Waals surface area contributed by atoms with Gasteiger partial charge in [-0.1, -0.05) is 55.5 Å². The van der Waals surface area contributed by atoms with E-state index in [2.05, 4.69) is 22.3 Å². The largest absolute Gasteiger partial charge is 0.490 e. The fourth-order valence-corrected chi connectivity index (χ4v) is 9.80. The van der Waals surface area contributed by atoms with Crippen LogP contribution in [-0.4, -0.2) is 81.9 Å². The molecular weight excluding hydrogens is 640 g/mol. The molecule has 1 spiro atoms. The average Bonchev–Trinajstić information content (AvgIpc) is 3.37. The Hall–Kier alpha value is -3.77. The Kier molecular flexibility index (Phi) is 10.5. The lowest BCUT2D eigenvalue weighted by molar-refractivity contribution is -0.133. The number of methoxy groups -OCH3 is 1. The van der Waals surface area contributed by atoms with Gasteiger partial charge in [0.15, 0.2) is 0 Å². The topological polar surface area (TPSA) is 94.6 Å². The Morgan fingerprint density at radius 3 is 2.39 bits per heavy atom. The zero-order chi connectivity index (χ0) is 34.8.